The fourth-order valence-corrected chi connectivity index (χ4v) is 9.75. The van der Waals surface area contributed by atoms with Crippen LogP contribution in [0.1, 0.15) is 22.3 Å². The summed E-state index contributed by atoms with van der Waals surface area (Å²) in [4.78, 5) is 2.38. The smallest absolute Gasteiger partial charge is 0.136 e. The molecule has 0 saturated carbocycles. The number of para-hydroxylation sites is 2. The molecule has 58 heavy (non-hydrogen) atoms. The van der Waals surface area contributed by atoms with E-state index in [4.69, 9.17) is 8.83 Å². The zero-order valence-electron chi connectivity index (χ0n) is 31.5. The molecule has 0 fully saturated rings. The van der Waals surface area contributed by atoms with Crippen LogP contribution >= 0.6 is 0 Å². The van der Waals surface area contributed by atoms with Crippen molar-refractivity contribution in [2.24, 2.45) is 0 Å². The van der Waals surface area contributed by atoms with Crippen molar-refractivity contribution in [3.05, 3.63) is 235 Å². The molecule has 3 nitrogen and oxygen atoms in total. The van der Waals surface area contributed by atoms with Gasteiger partial charge in [0.25, 0.3) is 0 Å². The van der Waals surface area contributed by atoms with Gasteiger partial charge in [0.05, 0.1) is 5.41 Å². The van der Waals surface area contributed by atoms with Crippen molar-refractivity contribution in [2.75, 3.05) is 4.90 Å². The first-order valence-corrected chi connectivity index (χ1v) is 19.8. The predicted molar refractivity (Wildman–Crippen MR) is 238 cm³/mol. The van der Waals surface area contributed by atoms with Gasteiger partial charge in [0.2, 0.25) is 0 Å². The van der Waals surface area contributed by atoms with E-state index in [0.29, 0.717) is 0 Å². The van der Waals surface area contributed by atoms with Crippen molar-refractivity contribution in [3.8, 4) is 22.3 Å². The summed E-state index contributed by atoms with van der Waals surface area (Å²) in [6.45, 7) is 0. The van der Waals surface area contributed by atoms with E-state index in [2.05, 4.69) is 193 Å². The van der Waals surface area contributed by atoms with Crippen molar-refractivity contribution in [2.45, 2.75) is 5.41 Å². The second kappa shape index (κ2) is 12.7. The number of hydrogen-bond donors (Lipinski definition) is 0. The maximum Gasteiger partial charge on any atom is 0.136 e. The quantitative estimate of drug-likeness (QED) is 0.170. The minimum Gasteiger partial charge on any atom is -0.456 e. The molecule has 1 aliphatic carbocycles. The summed E-state index contributed by atoms with van der Waals surface area (Å²) in [5, 5.41) is 4.36. The standard InChI is InChI=1S/C55H35NO2/c1-4-15-37(16-5-1)55(38-17-6-2-7-18-38)46-24-12-10-21-43(46)44-32-31-41(35-47(44)55)56(39-19-8-3-9-20-39)40-29-27-36(28-30-40)42-23-14-26-49-52(42)54-51(58-49)34-33-50-53(54)45-22-11-13-25-48(45)57-50/h1-35H. The van der Waals surface area contributed by atoms with Crippen molar-refractivity contribution in [3.63, 3.8) is 0 Å². The van der Waals surface area contributed by atoms with E-state index in [0.717, 1.165) is 72.1 Å². The molecule has 0 atom stereocenters. The van der Waals surface area contributed by atoms with Crippen molar-refractivity contribution >= 4 is 60.9 Å². The molecule has 2 heterocycles. The highest BCUT2D eigenvalue weighted by Crippen LogP contribution is 2.57. The van der Waals surface area contributed by atoms with Crippen LogP contribution in [0.5, 0.6) is 0 Å². The highest BCUT2D eigenvalue weighted by Gasteiger charge is 2.46. The van der Waals surface area contributed by atoms with Crippen LogP contribution in [-0.4, -0.2) is 0 Å². The van der Waals surface area contributed by atoms with Gasteiger partial charge in [-0.2, -0.15) is 0 Å². The number of furan rings is 2. The summed E-state index contributed by atoms with van der Waals surface area (Å²) in [6, 6.07) is 76.3. The molecule has 0 bridgehead atoms. The summed E-state index contributed by atoms with van der Waals surface area (Å²) < 4.78 is 12.8. The zero-order valence-corrected chi connectivity index (χ0v) is 31.5. The first-order chi connectivity index (χ1) is 28.8. The lowest BCUT2D eigenvalue weighted by atomic mass is 9.67. The average Bonchev–Trinajstić information content (AvgIpc) is 3.96. The van der Waals surface area contributed by atoms with Crippen LogP contribution in [0.2, 0.25) is 0 Å². The van der Waals surface area contributed by atoms with Crippen LogP contribution in [0, 0.1) is 0 Å². The number of rotatable bonds is 6. The van der Waals surface area contributed by atoms with Crippen LogP contribution in [-0.2, 0) is 5.41 Å². The molecule has 0 saturated heterocycles. The van der Waals surface area contributed by atoms with Gasteiger partial charge in [-0.1, -0.05) is 152 Å². The van der Waals surface area contributed by atoms with E-state index >= 15 is 0 Å². The van der Waals surface area contributed by atoms with E-state index in [-0.39, 0.29) is 0 Å². The highest BCUT2D eigenvalue weighted by atomic mass is 16.3. The van der Waals surface area contributed by atoms with Gasteiger partial charge >= 0.3 is 0 Å². The van der Waals surface area contributed by atoms with E-state index in [9.17, 15) is 0 Å². The Morgan fingerprint density at radius 1 is 0.328 bits per heavy atom. The molecule has 0 amide bonds. The molecule has 9 aromatic carbocycles. The van der Waals surface area contributed by atoms with Crippen LogP contribution in [0.3, 0.4) is 0 Å². The molecule has 2 aromatic heterocycles. The molecule has 1 aliphatic rings. The van der Waals surface area contributed by atoms with Crippen molar-refractivity contribution in [1.29, 1.82) is 0 Å². The van der Waals surface area contributed by atoms with E-state index in [1.807, 2.05) is 24.3 Å². The molecule has 0 aliphatic heterocycles. The first-order valence-electron chi connectivity index (χ1n) is 19.8. The fraction of sp³-hybridized carbons (Fsp3) is 0.0182. The number of anilines is 3. The van der Waals surface area contributed by atoms with Gasteiger partial charge in [-0.15, -0.1) is 0 Å². The third-order valence-corrected chi connectivity index (χ3v) is 12.2. The highest BCUT2D eigenvalue weighted by molar-refractivity contribution is 6.28. The Hall–Kier alpha value is -7.62. The summed E-state index contributed by atoms with van der Waals surface area (Å²) in [5.41, 5.74) is 16.1. The second-order valence-electron chi connectivity index (χ2n) is 15.2. The van der Waals surface area contributed by atoms with Gasteiger partial charge < -0.3 is 13.7 Å². The lowest BCUT2D eigenvalue weighted by molar-refractivity contribution is 0.663. The second-order valence-corrected chi connectivity index (χ2v) is 15.2. The van der Waals surface area contributed by atoms with E-state index in [1.165, 1.54) is 33.4 Å². The topological polar surface area (TPSA) is 29.5 Å². The lowest BCUT2D eigenvalue weighted by Gasteiger charge is -2.35. The van der Waals surface area contributed by atoms with E-state index < -0.39 is 5.41 Å². The first kappa shape index (κ1) is 32.6. The van der Waals surface area contributed by atoms with Crippen LogP contribution < -0.4 is 4.90 Å². The zero-order chi connectivity index (χ0) is 38.2. The maximum atomic E-state index is 6.51. The third kappa shape index (κ3) is 4.68. The molecule has 11 aromatic rings. The maximum absolute atomic E-state index is 6.51. The summed E-state index contributed by atoms with van der Waals surface area (Å²) in [5.74, 6) is 0. The lowest BCUT2D eigenvalue weighted by Crippen LogP contribution is -2.28. The number of hydrogen-bond acceptors (Lipinski definition) is 3. The molecule has 3 heteroatoms. The molecule has 0 spiro atoms. The molecule has 12 rings (SSSR count). The predicted octanol–water partition coefficient (Wildman–Crippen LogP) is 15.0. The Bertz CT molecular complexity index is 3290. The average molecular weight is 742 g/mol. The molecule has 272 valence electrons. The summed E-state index contributed by atoms with van der Waals surface area (Å²) in [7, 11) is 0. The summed E-state index contributed by atoms with van der Waals surface area (Å²) in [6.07, 6.45) is 0. The van der Waals surface area contributed by atoms with Crippen molar-refractivity contribution < 1.29 is 8.83 Å². The SMILES string of the molecule is c1ccc(N(c2ccc(-c3cccc4oc5ccc6oc7ccccc7c6c5c34)cc2)c2ccc3c(c2)C(c2ccccc2)(c2ccccc2)c2ccccc2-3)cc1. The molecule has 0 N–H and O–H groups in total. The monoisotopic (exact) mass is 741 g/mol. The Kier molecular flexibility index (Phi) is 7.14. The molecule has 0 radical (unpaired) electrons. The van der Waals surface area contributed by atoms with Gasteiger partial charge in [0, 0.05) is 38.6 Å². The Morgan fingerprint density at radius 3 is 1.62 bits per heavy atom. The largest absolute Gasteiger partial charge is 0.456 e. The third-order valence-electron chi connectivity index (χ3n) is 12.2. The van der Waals surface area contributed by atoms with Gasteiger partial charge in [-0.05, 0) is 105 Å². The van der Waals surface area contributed by atoms with Crippen molar-refractivity contribution in [1.82, 2.24) is 0 Å². The number of fused-ring (bicyclic) bond motifs is 10. The fourth-order valence-electron chi connectivity index (χ4n) is 9.75. The van der Waals surface area contributed by atoms with Gasteiger partial charge in [-0.3, -0.25) is 0 Å². The Balaban J connectivity index is 1.04. The molecular weight excluding hydrogens is 707 g/mol. The van der Waals surface area contributed by atoms with Crippen LogP contribution in [0.4, 0.5) is 17.1 Å². The van der Waals surface area contributed by atoms with Gasteiger partial charge in [0.15, 0.2) is 0 Å². The van der Waals surface area contributed by atoms with Crippen LogP contribution in [0.15, 0.2) is 221 Å². The Morgan fingerprint density at radius 2 is 0.862 bits per heavy atom. The minimum atomic E-state index is -0.492. The minimum absolute atomic E-state index is 0.492. The van der Waals surface area contributed by atoms with Crippen LogP contribution in [0.25, 0.3) is 66.1 Å². The summed E-state index contributed by atoms with van der Waals surface area (Å²) >= 11 is 0. The number of benzene rings is 9. The van der Waals surface area contributed by atoms with Gasteiger partial charge in [0.1, 0.15) is 22.3 Å². The Labute approximate surface area is 335 Å². The molecule has 0 unspecified atom stereocenters. The van der Waals surface area contributed by atoms with E-state index in [1.54, 1.807) is 0 Å². The molecular formula is C55H35NO2. The van der Waals surface area contributed by atoms with Gasteiger partial charge in [-0.25, -0.2) is 0 Å². The number of nitrogens with zero attached hydrogens (tertiary/aromatic N) is 1. The normalized spacial score (nSPS) is 13.0.